The van der Waals surface area contributed by atoms with E-state index in [1.54, 1.807) is 7.11 Å². The first kappa shape index (κ1) is 13.1. The van der Waals surface area contributed by atoms with Crippen LogP contribution in [0.4, 0.5) is 0 Å². The molecule has 0 aliphatic carbocycles. The minimum Gasteiger partial charge on any atom is -0.497 e. The van der Waals surface area contributed by atoms with Crippen LogP contribution in [0.5, 0.6) is 5.75 Å². The van der Waals surface area contributed by atoms with Crippen LogP contribution in [-0.4, -0.2) is 36.2 Å². The number of aliphatic hydroxyl groups is 1. The molecule has 2 rings (SSSR count). The molecule has 1 heterocycles. The van der Waals surface area contributed by atoms with Crippen molar-refractivity contribution in [1.29, 1.82) is 0 Å². The van der Waals surface area contributed by atoms with Crippen molar-refractivity contribution in [3.63, 3.8) is 0 Å². The molecule has 1 aliphatic heterocycles. The summed E-state index contributed by atoms with van der Waals surface area (Å²) in [6, 6.07) is 7.87. The van der Waals surface area contributed by atoms with Crippen molar-refractivity contribution in [1.82, 2.24) is 4.90 Å². The van der Waals surface area contributed by atoms with Crippen molar-refractivity contribution in [2.45, 2.75) is 25.0 Å². The number of likely N-dealkylation sites (tertiary alicyclic amines) is 1. The monoisotopic (exact) mass is 247 g/mol. The molecule has 1 aliphatic rings. The predicted octanol–water partition coefficient (Wildman–Crippen LogP) is 2.38. The van der Waals surface area contributed by atoms with E-state index < -0.39 is 6.10 Å². The Morgan fingerprint density at radius 3 is 3.17 bits per heavy atom. The van der Waals surface area contributed by atoms with Crippen LogP contribution < -0.4 is 4.74 Å². The van der Waals surface area contributed by atoms with E-state index in [9.17, 15) is 5.11 Å². The molecule has 3 nitrogen and oxygen atoms in total. The zero-order chi connectivity index (χ0) is 13.0. The lowest BCUT2D eigenvalue weighted by Crippen LogP contribution is -2.34. The number of ether oxygens (including phenoxy) is 1. The summed E-state index contributed by atoms with van der Waals surface area (Å²) in [6.07, 6.45) is 3.62. The second-order valence-corrected chi connectivity index (χ2v) is 4.71. The van der Waals surface area contributed by atoms with Gasteiger partial charge < -0.3 is 9.84 Å². The van der Waals surface area contributed by atoms with Crippen LogP contribution in [0.2, 0.25) is 0 Å². The molecule has 98 valence electrons. The SMILES string of the molecule is C=CCN1CCC[C@H]1[C@@H](O)c1cccc(OC)c1. The molecule has 18 heavy (non-hydrogen) atoms. The highest BCUT2D eigenvalue weighted by Gasteiger charge is 2.30. The van der Waals surface area contributed by atoms with E-state index in [4.69, 9.17) is 4.74 Å². The molecule has 1 saturated heterocycles. The first-order valence-electron chi connectivity index (χ1n) is 6.43. The van der Waals surface area contributed by atoms with Crippen LogP contribution in [0.15, 0.2) is 36.9 Å². The Morgan fingerprint density at radius 2 is 2.44 bits per heavy atom. The number of rotatable bonds is 5. The fourth-order valence-corrected chi connectivity index (χ4v) is 2.65. The molecule has 0 unspecified atom stereocenters. The van der Waals surface area contributed by atoms with E-state index in [1.807, 2.05) is 30.3 Å². The highest BCUT2D eigenvalue weighted by atomic mass is 16.5. The number of aliphatic hydroxyl groups excluding tert-OH is 1. The summed E-state index contributed by atoms with van der Waals surface area (Å²) in [5.41, 5.74) is 0.926. The number of hydrogen-bond donors (Lipinski definition) is 1. The van der Waals surface area contributed by atoms with Crippen LogP contribution >= 0.6 is 0 Å². The standard InChI is InChI=1S/C15H21NO2/c1-3-9-16-10-5-8-14(16)15(17)12-6-4-7-13(11-12)18-2/h3-4,6-7,11,14-15,17H,1,5,8-10H2,2H3/t14-,15-/m0/s1. The quantitative estimate of drug-likeness (QED) is 0.811. The second-order valence-electron chi connectivity index (χ2n) is 4.71. The van der Waals surface area contributed by atoms with Crippen LogP contribution in [0.3, 0.4) is 0 Å². The van der Waals surface area contributed by atoms with E-state index >= 15 is 0 Å². The van der Waals surface area contributed by atoms with Crippen LogP contribution in [0, 0.1) is 0 Å². The lowest BCUT2D eigenvalue weighted by molar-refractivity contribution is 0.0784. The third kappa shape index (κ3) is 2.74. The molecule has 1 aromatic rings. The molecule has 0 radical (unpaired) electrons. The van der Waals surface area contributed by atoms with Crippen LogP contribution in [0.25, 0.3) is 0 Å². The molecule has 3 heteroatoms. The molecular formula is C15H21NO2. The van der Waals surface area contributed by atoms with Gasteiger partial charge in [-0.05, 0) is 37.1 Å². The third-order valence-corrected chi connectivity index (χ3v) is 3.58. The lowest BCUT2D eigenvalue weighted by atomic mass is 10.00. The first-order valence-corrected chi connectivity index (χ1v) is 6.43. The van der Waals surface area contributed by atoms with Crippen LogP contribution in [-0.2, 0) is 0 Å². The number of hydrogen-bond acceptors (Lipinski definition) is 3. The topological polar surface area (TPSA) is 32.7 Å². The molecular weight excluding hydrogens is 226 g/mol. The smallest absolute Gasteiger partial charge is 0.119 e. The lowest BCUT2D eigenvalue weighted by Gasteiger charge is -2.28. The molecule has 0 bridgehead atoms. The van der Waals surface area contributed by atoms with Gasteiger partial charge in [0, 0.05) is 12.6 Å². The fraction of sp³-hybridized carbons (Fsp3) is 0.467. The Hall–Kier alpha value is -1.32. The van der Waals surface area contributed by atoms with Crippen molar-refractivity contribution in [3.05, 3.63) is 42.5 Å². The molecule has 0 amide bonds. The summed E-state index contributed by atoms with van der Waals surface area (Å²) in [6.45, 7) is 5.65. The summed E-state index contributed by atoms with van der Waals surface area (Å²) in [4.78, 5) is 2.29. The number of benzene rings is 1. The van der Waals surface area contributed by atoms with E-state index in [0.29, 0.717) is 0 Å². The largest absolute Gasteiger partial charge is 0.497 e. The average molecular weight is 247 g/mol. The third-order valence-electron chi connectivity index (χ3n) is 3.58. The van der Waals surface area contributed by atoms with Crippen molar-refractivity contribution >= 4 is 0 Å². The Bertz CT molecular complexity index is 405. The summed E-state index contributed by atoms with van der Waals surface area (Å²) in [5.74, 6) is 0.791. The molecule has 0 saturated carbocycles. The maximum atomic E-state index is 10.5. The van der Waals surface area contributed by atoms with Gasteiger partial charge in [-0.1, -0.05) is 18.2 Å². The summed E-state index contributed by atoms with van der Waals surface area (Å²) in [5, 5.41) is 10.5. The van der Waals surface area contributed by atoms with Gasteiger partial charge in [-0.15, -0.1) is 6.58 Å². The van der Waals surface area contributed by atoms with Gasteiger partial charge in [-0.25, -0.2) is 0 Å². The minimum absolute atomic E-state index is 0.190. The maximum absolute atomic E-state index is 10.5. The van der Waals surface area contributed by atoms with E-state index in [1.165, 1.54) is 0 Å². The van der Waals surface area contributed by atoms with Gasteiger partial charge in [0.25, 0.3) is 0 Å². The van der Waals surface area contributed by atoms with Crippen molar-refractivity contribution in [3.8, 4) is 5.75 Å². The highest BCUT2D eigenvalue weighted by molar-refractivity contribution is 5.30. The van der Waals surface area contributed by atoms with Crippen molar-refractivity contribution < 1.29 is 9.84 Å². The Balaban J connectivity index is 2.13. The van der Waals surface area contributed by atoms with Gasteiger partial charge in [0.05, 0.1) is 13.2 Å². The van der Waals surface area contributed by atoms with Gasteiger partial charge in [0.1, 0.15) is 5.75 Å². The van der Waals surface area contributed by atoms with Crippen molar-refractivity contribution in [2.24, 2.45) is 0 Å². The van der Waals surface area contributed by atoms with Gasteiger partial charge in [0.15, 0.2) is 0 Å². The molecule has 1 N–H and O–H groups in total. The zero-order valence-corrected chi connectivity index (χ0v) is 10.9. The molecule has 2 atom stereocenters. The molecule has 1 fully saturated rings. The van der Waals surface area contributed by atoms with E-state index in [-0.39, 0.29) is 6.04 Å². The van der Waals surface area contributed by atoms with E-state index in [0.717, 1.165) is 37.2 Å². The second kappa shape index (κ2) is 6.03. The predicted molar refractivity (Wildman–Crippen MR) is 72.7 cm³/mol. The Labute approximate surface area is 109 Å². The number of methoxy groups -OCH3 is 1. The van der Waals surface area contributed by atoms with Crippen molar-refractivity contribution in [2.75, 3.05) is 20.2 Å². The van der Waals surface area contributed by atoms with E-state index in [2.05, 4.69) is 11.5 Å². The minimum atomic E-state index is -0.456. The summed E-state index contributed by atoms with van der Waals surface area (Å²) < 4.78 is 5.20. The maximum Gasteiger partial charge on any atom is 0.119 e. The first-order chi connectivity index (χ1) is 8.76. The normalized spacial score (nSPS) is 21.8. The Kier molecular flexibility index (Phi) is 4.39. The summed E-state index contributed by atoms with van der Waals surface area (Å²) in [7, 11) is 1.64. The fourth-order valence-electron chi connectivity index (χ4n) is 2.65. The Morgan fingerprint density at radius 1 is 1.61 bits per heavy atom. The summed E-state index contributed by atoms with van der Waals surface area (Å²) >= 11 is 0. The zero-order valence-electron chi connectivity index (χ0n) is 10.9. The molecule has 0 aromatic heterocycles. The molecule has 1 aromatic carbocycles. The van der Waals surface area contributed by atoms with Gasteiger partial charge >= 0.3 is 0 Å². The highest BCUT2D eigenvalue weighted by Crippen LogP contribution is 2.30. The molecule has 0 spiro atoms. The van der Waals surface area contributed by atoms with Crippen LogP contribution in [0.1, 0.15) is 24.5 Å². The van der Waals surface area contributed by atoms with Gasteiger partial charge in [-0.3, -0.25) is 4.90 Å². The van der Waals surface area contributed by atoms with Gasteiger partial charge in [-0.2, -0.15) is 0 Å². The number of nitrogens with zero attached hydrogens (tertiary/aromatic N) is 1. The average Bonchev–Trinajstić information content (AvgIpc) is 2.86. The van der Waals surface area contributed by atoms with Gasteiger partial charge in [0.2, 0.25) is 0 Å².